The standard InChI is InChI=1S/2C17H22F3NO2.C16H20F3NO2.2C15H20ClNO2.2C15H21NO2/c2*1-6-13-14(23-15(22)21(13)16(3,4)5)11-7-10(2)8-12(9-11)17(18,19)20;1-9-6-11(8-12(7-9)16(17,18)19)13-10(2)20(14(21)22-13)15(3,4)5;2*1-9-6-11(8-12(16)7-9)13-10(2)17(14(18)19-13)15(3,4)5;2*1-10-6-8-12(9-7-10)13-11(2)16(14(17)18-13)15(3,4)5/h2*7-9,13-14H,6H2,1-5H3;6-8,10,13H,1-5H3;2*6-8,10,13H,1-5H3;2*6-9,11,13H,1-5H3/t13-,14+;13-,14-;10-,13+;2*10-,13-;11-,13+;11-,13-/m0111011/s1. The molecule has 0 bridgehead atoms. The van der Waals surface area contributed by atoms with Crippen molar-refractivity contribution in [2.45, 2.75) is 397 Å². The molecule has 142 heavy (non-hydrogen) atoms. The van der Waals surface area contributed by atoms with Gasteiger partial charge in [-0.15, -0.1) is 0 Å². The van der Waals surface area contributed by atoms with Crippen LogP contribution in [0.15, 0.2) is 140 Å². The van der Waals surface area contributed by atoms with Gasteiger partial charge in [0.25, 0.3) is 0 Å². The molecule has 0 aromatic heterocycles. The van der Waals surface area contributed by atoms with E-state index in [1.54, 1.807) is 70.4 Å². The van der Waals surface area contributed by atoms with Crippen molar-refractivity contribution in [2.75, 3.05) is 0 Å². The zero-order chi connectivity index (χ0) is 108. The van der Waals surface area contributed by atoms with Crippen LogP contribution in [-0.2, 0) is 51.7 Å². The molecule has 0 N–H and O–H groups in total. The quantitative estimate of drug-likeness (QED) is 0.0974. The molecule has 782 valence electrons. The number of hydrogen-bond donors (Lipinski definition) is 0. The smallest absolute Gasteiger partial charge is 0.416 e. The second-order valence-electron chi connectivity index (χ2n) is 44.9. The van der Waals surface area contributed by atoms with Gasteiger partial charge in [0, 0.05) is 48.8 Å². The number of amides is 7. The lowest BCUT2D eigenvalue weighted by atomic mass is 9.94. The minimum absolute atomic E-state index is 0.00892. The highest BCUT2D eigenvalue weighted by Gasteiger charge is 2.54. The average molecular weight is 2030 g/mol. The summed E-state index contributed by atoms with van der Waals surface area (Å²) in [6.07, 6.45) is -17.4. The van der Waals surface area contributed by atoms with Gasteiger partial charge in [0.2, 0.25) is 0 Å². The first kappa shape index (κ1) is 117. The third-order valence-electron chi connectivity index (χ3n) is 25.3. The van der Waals surface area contributed by atoms with E-state index in [-0.39, 0.29) is 113 Å². The number of carbonyl (C=O) groups excluding carboxylic acids is 7. The van der Waals surface area contributed by atoms with E-state index in [4.69, 9.17) is 56.4 Å². The first-order valence-corrected chi connectivity index (χ1v) is 48.8. The second kappa shape index (κ2) is 44.1. The normalized spacial score (nSPS) is 23.3. The topological polar surface area (TPSA) is 207 Å². The molecule has 32 heteroatoms. The van der Waals surface area contributed by atoms with Crippen molar-refractivity contribution < 1.29 is 106 Å². The average Bonchev–Trinajstić information content (AvgIpc) is 1.61. The van der Waals surface area contributed by atoms with Gasteiger partial charge in [-0.05, 0) is 352 Å². The molecule has 7 aromatic carbocycles. The van der Waals surface area contributed by atoms with Crippen LogP contribution in [0.3, 0.4) is 0 Å². The summed E-state index contributed by atoms with van der Waals surface area (Å²) in [6, 6.07) is 38.6. The van der Waals surface area contributed by atoms with Gasteiger partial charge < -0.3 is 33.2 Å². The van der Waals surface area contributed by atoms with Crippen LogP contribution in [0.25, 0.3) is 0 Å². The van der Waals surface area contributed by atoms with Crippen LogP contribution in [-0.4, -0.2) is 158 Å². The summed E-state index contributed by atoms with van der Waals surface area (Å²) in [4.78, 5) is 96.6. The van der Waals surface area contributed by atoms with Crippen molar-refractivity contribution in [1.82, 2.24) is 34.3 Å². The van der Waals surface area contributed by atoms with Crippen LogP contribution >= 0.6 is 23.2 Å². The predicted molar refractivity (Wildman–Crippen MR) is 534 cm³/mol. The Balaban J connectivity index is 0.000000203. The van der Waals surface area contributed by atoms with Crippen molar-refractivity contribution in [2.24, 2.45) is 0 Å². The van der Waals surface area contributed by atoms with Gasteiger partial charge in [-0.3, -0.25) is 34.3 Å². The van der Waals surface area contributed by atoms with Crippen LogP contribution in [0.5, 0.6) is 0 Å². The summed E-state index contributed by atoms with van der Waals surface area (Å²) >= 11 is 12.2. The van der Waals surface area contributed by atoms with Crippen LogP contribution < -0.4 is 0 Å². The van der Waals surface area contributed by atoms with Crippen LogP contribution in [0.4, 0.5) is 73.1 Å². The number of benzene rings is 7. The molecule has 7 fully saturated rings. The van der Waals surface area contributed by atoms with E-state index < -0.39 is 88.4 Å². The number of nitrogens with zero attached hydrogens (tertiary/aromatic N) is 7. The van der Waals surface area contributed by atoms with E-state index in [1.165, 1.54) is 11.1 Å². The summed E-state index contributed by atoms with van der Waals surface area (Å²) in [7, 11) is 0. The van der Waals surface area contributed by atoms with E-state index in [1.807, 2.05) is 271 Å². The number of ether oxygens (including phenoxy) is 7. The van der Waals surface area contributed by atoms with Crippen molar-refractivity contribution in [3.05, 3.63) is 244 Å². The van der Waals surface area contributed by atoms with E-state index in [0.717, 1.165) is 69.8 Å². The highest BCUT2D eigenvalue weighted by molar-refractivity contribution is 6.31. The molecule has 7 aromatic rings. The molecule has 7 amide bonds. The van der Waals surface area contributed by atoms with E-state index >= 15 is 0 Å². The fourth-order valence-electron chi connectivity index (χ4n) is 19.7. The molecule has 7 saturated heterocycles. The lowest BCUT2D eigenvalue weighted by molar-refractivity contribution is -0.138. The molecule has 0 saturated carbocycles. The molecule has 0 aliphatic carbocycles. The summed E-state index contributed by atoms with van der Waals surface area (Å²) in [6.45, 7) is 67.7. The van der Waals surface area contributed by atoms with Crippen molar-refractivity contribution in [1.29, 1.82) is 0 Å². The Labute approximate surface area is 843 Å². The molecule has 14 atom stereocenters. The highest BCUT2D eigenvalue weighted by Crippen LogP contribution is 2.48. The predicted octanol–water partition coefficient (Wildman–Crippen LogP) is 30.9. The zero-order valence-electron chi connectivity index (χ0n) is 88.8. The number of rotatable bonds is 9. The summed E-state index contributed by atoms with van der Waals surface area (Å²) in [5.41, 5.74) is 6.79. The number of aryl methyl sites for hydroxylation is 7. The third kappa shape index (κ3) is 28.5. The van der Waals surface area contributed by atoms with E-state index in [9.17, 15) is 73.1 Å². The van der Waals surface area contributed by atoms with Gasteiger partial charge in [-0.25, -0.2) is 33.6 Å². The summed E-state index contributed by atoms with van der Waals surface area (Å²) < 4.78 is 155. The van der Waals surface area contributed by atoms with Gasteiger partial charge in [-0.2, -0.15) is 39.5 Å². The lowest BCUT2D eigenvalue weighted by Gasteiger charge is -2.35. The molecule has 7 heterocycles. The Bertz CT molecular complexity index is 5300. The number of cyclic esters (lactones) is 7. The molecule has 7 aliphatic rings. The highest BCUT2D eigenvalue weighted by atomic mass is 35.5. The number of carbonyl (C=O) groups is 7. The molecular formula is C110H146Cl2F9N7O14. The van der Waals surface area contributed by atoms with Crippen LogP contribution in [0.1, 0.15) is 344 Å². The molecule has 0 unspecified atom stereocenters. The summed E-state index contributed by atoms with van der Waals surface area (Å²) in [5.74, 6) is 0. The minimum atomic E-state index is -4.42. The largest absolute Gasteiger partial charge is 0.439 e. The fourth-order valence-corrected chi connectivity index (χ4v) is 20.3. The maximum atomic E-state index is 13.0. The SMILES string of the molecule is CC[C@@H]1[C@@H](c2cc(C)cc(C(F)(F)F)c2)OC(=O)N1C(C)(C)C.CC[C@H]1[C@@H](c2cc(C)cc(C(F)(F)F)c2)OC(=O)N1C(C)(C)C.Cc1cc(Cl)cc([C@@H]2OC(=O)N(C(C)(C)C)[C@@H]2C)c1.Cc1cc(Cl)cc([C@H]2OC(=O)N(C(C)(C)C)[C@H]2C)c1.Cc1cc([C@H]2OC(=O)N(C(C)(C)C)[C@@H]2C)cc(C(F)(F)F)c1.Cc1ccc([C@@H]2OC(=O)N(C(C)(C)C)[C@@H]2C)cc1.Cc1ccc([C@H]2OC(=O)N(C(C)(C)C)[C@@H]2C)cc1. The molecule has 0 radical (unpaired) electrons. The van der Waals surface area contributed by atoms with Gasteiger partial charge in [-0.1, -0.05) is 144 Å². The fraction of sp³-hybridized carbons (Fsp3) is 0.555. The zero-order valence-corrected chi connectivity index (χ0v) is 90.3. The van der Waals surface area contributed by atoms with Crippen molar-refractivity contribution in [3.63, 3.8) is 0 Å². The van der Waals surface area contributed by atoms with Crippen molar-refractivity contribution in [3.8, 4) is 0 Å². The van der Waals surface area contributed by atoms with Gasteiger partial charge in [0.1, 0.15) is 42.7 Å². The Kier molecular flexibility index (Phi) is 36.2. The first-order valence-electron chi connectivity index (χ1n) is 48.0. The lowest BCUT2D eigenvalue weighted by Crippen LogP contribution is -2.47. The maximum absolute atomic E-state index is 13.0. The molecule has 14 rings (SSSR count). The number of halogens is 11. The Morgan fingerprint density at radius 2 is 0.401 bits per heavy atom. The van der Waals surface area contributed by atoms with Gasteiger partial charge >= 0.3 is 61.2 Å². The molecular weight excluding hydrogens is 1890 g/mol. The Hall–Kier alpha value is -10.6. The molecule has 0 spiro atoms. The Morgan fingerprint density at radius 3 is 0.577 bits per heavy atom. The van der Waals surface area contributed by atoms with E-state index in [0.29, 0.717) is 56.3 Å². The van der Waals surface area contributed by atoms with Crippen molar-refractivity contribution >= 4 is 65.9 Å². The van der Waals surface area contributed by atoms with E-state index in [2.05, 4.69) is 38.1 Å². The van der Waals surface area contributed by atoms with Crippen LogP contribution in [0, 0.1) is 48.5 Å². The Morgan fingerprint density at radius 1 is 0.232 bits per heavy atom. The van der Waals surface area contributed by atoms with Gasteiger partial charge in [0.05, 0.1) is 59.0 Å². The maximum Gasteiger partial charge on any atom is 0.416 e. The summed E-state index contributed by atoms with van der Waals surface area (Å²) in [5, 5.41) is 1.35. The monoisotopic (exact) mass is 2030 g/mol. The molecule has 7 aliphatic heterocycles. The number of alkyl halides is 9. The minimum Gasteiger partial charge on any atom is -0.439 e. The van der Waals surface area contributed by atoms with Gasteiger partial charge in [0.15, 0.2) is 0 Å². The third-order valence-corrected chi connectivity index (χ3v) is 25.8. The molecule has 21 nitrogen and oxygen atoms in total. The number of hydrogen-bond acceptors (Lipinski definition) is 14. The second-order valence-corrected chi connectivity index (χ2v) is 45.8. The first-order chi connectivity index (χ1) is 64.8. The van der Waals surface area contributed by atoms with Crippen LogP contribution in [0.2, 0.25) is 10.0 Å².